The normalized spacial score (nSPS) is 11.3. The highest BCUT2D eigenvalue weighted by Gasteiger charge is 2.16. The van der Waals surface area contributed by atoms with Crippen LogP contribution in [0.5, 0.6) is 11.5 Å². The van der Waals surface area contributed by atoms with Crippen molar-refractivity contribution >= 4 is 10.0 Å². The Bertz CT molecular complexity index is 668. The largest absolute Gasteiger partial charge is 0.497 e. The molecule has 108 valence electrons. The van der Waals surface area contributed by atoms with Gasteiger partial charge in [0.2, 0.25) is 0 Å². The van der Waals surface area contributed by atoms with Gasteiger partial charge in [0.15, 0.2) is 5.03 Å². The zero-order valence-electron chi connectivity index (χ0n) is 11.1. The van der Waals surface area contributed by atoms with Crippen LogP contribution in [0, 0.1) is 0 Å². The highest BCUT2D eigenvalue weighted by Crippen LogP contribution is 2.24. The topological polar surface area (TPSA) is 93.3 Å². The van der Waals surface area contributed by atoms with Crippen molar-refractivity contribution in [3.63, 3.8) is 0 Å². The summed E-state index contributed by atoms with van der Waals surface area (Å²) in [4.78, 5) is 0. The van der Waals surface area contributed by atoms with Gasteiger partial charge in [0.25, 0.3) is 10.0 Å². The third kappa shape index (κ3) is 3.09. The fourth-order valence-corrected chi connectivity index (χ4v) is 2.58. The predicted octanol–water partition coefficient (Wildman–Crippen LogP) is 0.905. The molecule has 1 heterocycles. The molecule has 2 aromatic rings. The number of ether oxygens (including phenoxy) is 2. The van der Waals surface area contributed by atoms with Crippen LogP contribution in [0.1, 0.15) is 5.56 Å². The highest BCUT2D eigenvalue weighted by atomic mass is 32.2. The Kier molecular flexibility index (Phi) is 4.26. The summed E-state index contributed by atoms with van der Waals surface area (Å²) in [6, 6.07) is 6.56. The summed E-state index contributed by atoms with van der Waals surface area (Å²) in [5.41, 5.74) is 0.676. The van der Waals surface area contributed by atoms with E-state index in [4.69, 9.17) is 9.47 Å². The van der Waals surface area contributed by atoms with Gasteiger partial charge in [0.05, 0.1) is 20.4 Å². The van der Waals surface area contributed by atoms with Crippen molar-refractivity contribution in [1.82, 2.24) is 14.9 Å². The molecule has 0 spiro atoms. The first-order valence-corrected chi connectivity index (χ1v) is 7.25. The molecule has 0 aliphatic rings. The summed E-state index contributed by atoms with van der Waals surface area (Å²) in [5.74, 6) is 1.21. The van der Waals surface area contributed by atoms with Gasteiger partial charge < -0.3 is 9.47 Å². The van der Waals surface area contributed by atoms with Crippen LogP contribution < -0.4 is 14.2 Å². The number of aromatic nitrogens is 2. The molecule has 1 aromatic carbocycles. The Labute approximate surface area is 117 Å². The standard InChI is InChI=1S/C12H15N3O4S/c1-18-10-3-4-11(19-2)9(7-10)8-14-20(16,17)12-5-6-13-15-12/h3-7,14H,8H2,1-2H3,(H,13,15). The van der Waals surface area contributed by atoms with E-state index in [1.54, 1.807) is 25.3 Å². The van der Waals surface area contributed by atoms with Crippen LogP contribution in [-0.2, 0) is 16.6 Å². The Hall–Kier alpha value is -2.06. The second-order valence-electron chi connectivity index (χ2n) is 3.92. The summed E-state index contributed by atoms with van der Waals surface area (Å²) in [7, 11) is -0.560. The lowest BCUT2D eigenvalue weighted by Gasteiger charge is -2.11. The third-order valence-corrected chi connectivity index (χ3v) is 4.04. The molecule has 0 fully saturated rings. The van der Waals surface area contributed by atoms with Crippen LogP contribution in [0.25, 0.3) is 0 Å². The van der Waals surface area contributed by atoms with Gasteiger partial charge in [-0.05, 0) is 24.3 Å². The second kappa shape index (κ2) is 5.93. The van der Waals surface area contributed by atoms with E-state index >= 15 is 0 Å². The first kappa shape index (κ1) is 14.4. The number of methoxy groups -OCH3 is 2. The molecule has 20 heavy (non-hydrogen) atoms. The summed E-state index contributed by atoms with van der Waals surface area (Å²) >= 11 is 0. The maximum atomic E-state index is 12.0. The Morgan fingerprint density at radius 1 is 1.25 bits per heavy atom. The van der Waals surface area contributed by atoms with E-state index in [-0.39, 0.29) is 11.6 Å². The maximum absolute atomic E-state index is 12.0. The van der Waals surface area contributed by atoms with Crippen molar-refractivity contribution in [2.45, 2.75) is 11.6 Å². The number of rotatable bonds is 6. The molecule has 8 heteroatoms. The lowest BCUT2D eigenvalue weighted by molar-refractivity contribution is 0.398. The average Bonchev–Trinajstić information content (AvgIpc) is 3.00. The van der Waals surface area contributed by atoms with E-state index in [1.165, 1.54) is 19.4 Å². The van der Waals surface area contributed by atoms with Crippen molar-refractivity contribution in [3.8, 4) is 11.5 Å². The van der Waals surface area contributed by atoms with Crippen LogP contribution in [0.15, 0.2) is 35.5 Å². The maximum Gasteiger partial charge on any atom is 0.257 e. The Morgan fingerprint density at radius 2 is 2.05 bits per heavy atom. The third-order valence-electron chi connectivity index (χ3n) is 2.70. The molecule has 0 amide bonds. The quantitative estimate of drug-likeness (QED) is 0.826. The molecule has 0 atom stereocenters. The molecule has 2 rings (SSSR count). The molecular formula is C12H15N3O4S. The van der Waals surface area contributed by atoms with E-state index in [0.29, 0.717) is 17.1 Å². The smallest absolute Gasteiger partial charge is 0.257 e. The molecule has 7 nitrogen and oxygen atoms in total. The number of aromatic amines is 1. The second-order valence-corrected chi connectivity index (χ2v) is 5.66. The number of benzene rings is 1. The fraction of sp³-hybridized carbons (Fsp3) is 0.250. The van der Waals surface area contributed by atoms with Crippen molar-refractivity contribution in [2.24, 2.45) is 0 Å². The van der Waals surface area contributed by atoms with Crippen molar-refractivity contribution < 1.29 is 17.9 Å². The summed E-state index contributed by atoms with van der Waals surface area (Å²) in [6.07, 6.45) is 1.38. The summed E-state index contributed by atoms with van der Waals surface area (Å²) < 4.78 is 36.7. The SMILES string of the molecule is COc1ccc(OC)c(CNS(=O)(=O)c2ccn[nH]2)c1. The number of nitrogens with one attached hydrogen (secondary N) is 2. The molecule has 0 saturated carbocycles. The zero-order chi connectivity index (χ0) is 14.6. The number of hydrogen-bond donors (Lipinski definition) is 2. The minimum Gasteiger partial charge on any atom is -0.497 e. The van der Waals surface area contributed by atoms with E-state index < -0.39 is 10.0 Å². The molecule has 0 radical (unpaired) electrons. The van der Waals surface area contributed by atoms with Gasteiger partial charge in [0, 0.05) is 12.1 Å². The van der Waals surface area contributed by atoms with Crippen LogP contribution >= 0.6 is 0 Å². The molecule has 0 unspecified atom stereocenters. The van der Waals surface area contributed by atoms with Gasteiger partial charge in [-0.2, -0.15) is 5.10 Å². The molecule has 0 aliphatic heterocycles. The molecule has 0 saturated heterocycles. The van der Waals surface area contributed by atoms with E-state index in [9.17, 15) is 8.42 Å². The zero-order valence-corrected chi connectivity index (χ0v) is 11.9. The fourth-order valence-electron chi connectivity index (χ4n) is 1.66. The predicted molar refractivity (Wildman–Crippen MR) is 72.2 cm³/mol. The number of hydrogen-bond acceptors (Lipinski definition) is 5. The van der Waals surface area contributed by atoms with Gasteiger partial charge in [-0.15, -0.1) is 0 Å². The molecule has 0 bridgehead atoms. The average molecular weight is 297 g/mol. The first-order chi connectivity index (χ1) is 9.56. The molecule has 0 aliphatic carbocycles. The van der Waals surface area contributed by atoms with Crippen LogP contribution in [0.3, 0.4) is 0 Å². The number of H-pyrrole nitrogens is 1. The Balaban J connectivity index is 2.18. The lowest BCUT2D eigenvalue weighted by atomic mass is 10.2. The lowest BCUT2D eigenvalue weighted by Crippen LogP contribution is -2.23. The molecule has 2 N–H and O–H groups in total. The van der Waals surface area contributed by atoms with Gasteiger partial charge in [0.1, 0.15) is 11.5 Å². The minimum absolute atomic E-state index is 0.0133. The van der Waals surface area contributed by atoms with E-state index in [2.05, 4.69) is 14.9 Å². The van der Waals surface area contributed by atoms with Crippen LogP contribution in [0.2, 0.25) is 0 Å². The van der Waals surface area contributed by atoms with Crippen LogP contribution in [0.4, 0.5) is 0 Å². The number of nitrogens with zero attached hydrogens (tertiary/aromatic N) is 1. The van der Waals surface area contributed by atoms with E-state index in [1.807, 2.05) is 0 Å². The first-order valence-electron chi connectivity index (χ1n) is 5.77. The van der Waals surface area contributed by atoms with Gasteiger partial charge in [-0.1, -0.05) is 0 Å². The van der Waals surface area contributed by atoms with E-state index in [0.717, 1.165) is 0 Å². The van der Waals surface area contributed by atoms with Crippen LogP contribution in [-0.4, -0.2) is 32.8 Å². The van der Waals surface area contributed by atoms with Gasteiger partial charge in [-0.3, -0.25) is 5.10 Å². The summed E-state index contributed by atoms with van der Waals surface area (Å²) in [6.45, 7) is 0.0850. The van der Waals surface area contributed by atoms with Crippen molar-refractivity contribution in [1.29, 1.82) is 0 Å². The summed E-state index contributed by atoms with van der Waals surface area (Å²) in [5, 5.41) is 6.04. The highest BCUT2D eigenvalue weighted by molar-refractivity contribution is 7.89. The Morgan fingerprint density at radius 3 is 2.65 bits per heavy atom. The molecule has 1 aromatic heterocycles. The van der Waals surface area contributed by atoms with Crippen molar-refractivity contribution in [3.05, 3.63) is 36.0 Å². The monoisotopic (exact) mass is 297 g/mol. The van der Waals surface area contributed by atoms with Gasteiger partial charge in [-0.25, -0.2) is 13.1 Å². The molecular weight excluding hydrogens is 282 g/mol. The van der Waals surface area contributed by atoms with Crippen molar-refractivity contribution in [2.75, 3.05) is 14.2 Å². The van der Waals surface area contributed by atoms with Gasteiger partial charge >= 0.3 is 0 Å². The number of sulfonamides is 1. The minimum atomic E-state index is -3.62.